The van der Waals surface area contributed by atoms with Crippen LogP contribution in [0.25, 0.3) is 11.1 Å². The fraction of sp³-hybridized carbons (Fsp3) is 0.564. The number of fused-ring (bicyclic) bond motifs is 1. The monoisotopic (exact) mass is 701 g/mol. The molecule has 6 rings (SSSR count). The summed E-state index contributed by atoms with van der Waals surface area (Å²) in [7, 11) is 0. The molecule has 2 heterocycles. The standard InChI is InChI=1S/C39H51N5O7/c40-21-9-8-15-32(36(46)38-43-31-14-6-7-16-34(31)51-38)42-37(47)33-23-30(49-25-27-10-2-1-3-11-27)24-44(33)35(45)22-26-17-19-28(20-18-26)41-39(48)50-29-12-4-5-13-29/h6-7,14,16-20,27,29-30,32-33H,1-5,8-13,15,21-25,40H2,(H,41,48)(H,42,47)/t30-,32+,33+/m1/s1. The summed E-state index contributed by atoms with van der Waals surface area (Å²) in [6.07, 6.45) is 11.1. The number of amides is 3. The maximum atomic E-state index is 14.0. The van der Waals surface area contributed by atoms with Gasteiger partial charge in [0.15, 0.2) is 5.58 Å². The number of unbranched alkanes of at least 4 members (excludes halogenated alkanes) is 1. The third-order valence-electron chi connectivity index (χ3n) is 10.4. The molecule has 12 nitrogen and oxygen atoms in total. The minimum Gasteiger partial charge on any atom is -0.446 e. The summed E-state index contributed by atoms with van der Waals surface area (Å²) in [6.45, 7) is 1.36. The van der Waals surface area contributed by atoms with Crippen molar-refractivity contribution < 1.29 is 33.1 Å². The van der Waals surface area contributed by atoms with Crippen LogP contribution >= 0.6 is 0 Å². The highest BCUT2D eigenvalue weighted by molar-refractivity contribution is 6.01. The molecule has 2 aliphatic carbocycles. The van der Waals surface area contributed by atoms with E-state index < -0.39 is 29.9 Å². The Balaban J connectivity index is 1.13. The topological polar surface area (TPSA) is 166 Å². The van der Waals surface area contributed by atoms with Crippen molar-refractivity contribution in [2.75, 3.05) is 25.0 Å². The van der Waals surface area contributed by atoms with E-state index in [9.17, 15) is 19.2 Å². The molecule has 2 aromatic carbocycles. The van der Waals surface area contributed by atoms with Crippen LogP contribution in [0.15, 0.2) is 52.9 Å². The summed E-state index contributed by atoms with van der Waals surface area (Å²) in [6, 6.07) is 12.5. The van der Waals surface area contributed by atoms with E-state index in [1.54, 1.807) is 47.4 Å². The highest BCUT2D eigenvalue weighted by Crippen LogP contribution is 2.28. The maximum Gasteiger partial charge on any atom is 0.411 e. The largest absolute Gasteiger partial charge is 0.446 e. The lowest BCUT2D eigenvalue weighted by atomic mass is 9.90. The molecule has 12 heteroatoms. The zero-order valence-corrected chi connectivity index (χ0v) is 29.4. The van der Waals surface area contributed by atoms with Crippen LogP contribution in [0.1, 0.15) is 99.7 Å². The van der Waals surface area contributed by atoms with Gasteiger partial charge in [-0.25, -0.2) is 9.78 Å². The SMILES string of the molecule is NCCCC[C@H](NC(=O)[C@@H]1C[C@@H](OCC2CCCCC2)CN1C(=O)Cc1ccc(NC(=O)OC2CCCC2)cc1)C(=O)c1nc2ccccc2o1. The van der Waals surface area contributed by atoms with Gasteiger partial charge < -0.3 is 29.8 Å². The van der Waals surface area contributed by atoms with Gasteiger partial charge >= 0.3 is 6.09 Å². The van der Waals surface area contributed by atoms with E-state index in [4.69, 9.17) is 19.6 Å². The second-order valence-electron chi connectivity index (χ2n) is 14.3. The van der Waals surface area contributed by atoms with Gasteiger partial charge in [-0.1, -0.05) is 43.5 Å². The first-order valence-electron chi connectivity index (χ1n) is 18.7. The molecule has 51 heavy (non-hydrogen) atoms. The number of aromatic nitrogens is 1. The minimum absolute atomic E-state index is 0.0377. The van der Waals surface area contributed by atoms with Crippen molar-refractivity contribution in [3.8, 4) is 0 Å². The average Bonchev–Trinajstić information content (AvgIpc) is 3.92. The van der Waals surface area contributed by atoms with Crippen LogP contribution in [0, 0.1) is 5.92 Å². The molecule has 2 saturated carbocycles. The number of ketones is 1. The lowest BCUT2D eigenvalue weighted by Crippen LogP contribution is -2.51. The second-order valence-corrected chi connectivity index (χ2v) is 14.3. The normalized spacial score (nSPS) is 20.4. The summed E-state index contributed by atoms with van der Waals surface area (Å²) in [5.41, 5.74) is 8.11. The summed E-state index contributed by atoms with van der Waals surface area (Å²) in [5.74, 6) is -0.621. The van der Waals surface area contributed by atoms with Gasteiger partial charge in [0.1, 0.15) is 17.7 Å². The van der Waals surface area contributed by atoms with Crippen LogP contribution in [0.5, 0.6) is 0 Å². The van der Waals surface area contributed by atoms with Gasteiger partial charge in [-0.05, 0) is 100 Å². The number of rotatable bonds is 15. The van der Waals surface area contributed by atoms with E-state index in [2.05, 4.69) is 15.6 Å². The molecule has 3 aromatic rings. The Kier molecular flexibility index (Phi) is 12.7. The van der Waals surface area contributed by atoms with Crippen molar-refractivity contribution in [3.05, 3.63) is 60.0 Å². The van der Waals surface area contributed by atoms with Crippen LogP contribution in [-0.4, -0.2) is 77.6 Å². The molecular formula is C39H51N5O7. The number of ether oxygens (including phenoxy) is 2. The lowest BCUT2D eigenvalue weighted by Gasteiger charge is -2.26. The predicted molar refractivity (Wildman–Crippen MR) is 192 cm³/mol. The van der Waals surface area contributed by atoms with Crippen LogP contribution in [0.4, 0.5) is 10.5 Å². The van der Waals surface area contributed by atoms with E-state index in [1.165, 1.54) is 19.3 Å². The van der Waals surface area contributed by atoms with E-state index in [0.717, 1.165) is 44.1 Å². The summed E-state index contributed by atoms with van der Waals surface area (Å²) in [4.78, 5) is 59.9. The average molecular weight is 702 g/mol. The number of carbonyl (C=O) groups excluding carboxylic acids is 4. The molecule has 0 bridgehead atoms. The third kappa shape index (κ3) is 9.94. The van der Waals surface area contributed by atoms with Gasteiger partial charge in [-0.15, -0.1) is 0 Å². The van der Waals surface area contributed by atoms with Crippen molar-refractivity contribution in [1.82, 2.24) is 15.2 Å². The number of nitrogens with one attached hydrogen (secondary N) is 2. The molecule has 3 aliphatic rings. The number of hydrogen-bond donors (Lipinski definition) is 3. The summed E-state index contributed by atoms with van der Waals surface area (Å²) < 4.78 is 17.6. The molecule has 3 fully saturated rings. The highest BCUT2D eigenvalue weighted by atomic mass is 16.6. The van der Waals surface area contributed by atoms with E-state index >= 15 is 0 Å². The fourth-order valence-corrected chi connectivity index (χ4v) is 7.51. The second kappa shape index (κ2) is 17.8. The first-order valence-corrected chi connectivity index (χ1v) is 18.7. The Hall–Kier alpha value is -4.29. The van der Waals surface area contributed by atoms with Crippen LogP contribution < -0.4 is 16.4 Å². The predicted octanol–water partition coefficient (Wildman–Crippen LogP) is 5.92. The summed E-state index contributed by atoms with van der Waals surface area (Å²) in [5, 5.41) is 5.72. The van der Waals surface area contributed by atoms with E-state index in [1.807, 2.05) is 6.07 Å². The van der Waals surface area contributed by atoms with Crippen LogP contribution in [0.2, 0.25) is 0 Å². The third-order valence-corrected chi connectivity index (χ3v) is 10.4. The van der Waals surface area contributed by atoms with Crippen LogP contribution in [-0.2, 0) is 25.5 Å². The number of benzene rings is 2. The van der Waals surface area contributed by atoms with Gasteiger partial charge in [0.2, 0.25) is 17.6 Å². The molecule has 1 aliphatic heterocycles. The number of nitrogens with zero attached hydrogens (tertiary/aromatic N) is 2. The number of para-hydroxylation sites is 2. The molecule has 274 valence electrons. The first kappa shape index (κ1) is 36.5. The zero-order valence-electron chi connectivity index (χ0n) is 29.4. The van der Waals surface area contributed by atoms with Crippen LogP contribution in [0.3, 0.4) is 0 Å². The molecule has 3 amide bonds. The van der Waals surface area contributed by atoms with Gasteiger partial charge in [0, 0.05) is 25.3 Å². The Morgan fingerprint density at radius 3 is 2.41 bits per heavy atom. The molecule has 0 unspecified atom stereocenters. The van der Waals surface area contributed by atoms with Crippen molar-refractivity contribution in [2.45, 2.75) is 114 Å². The Morgan fingerprint density at radius 1 is 0.922 bits per heavy atom. The van der Waals surface area contributed by atoms with Crippen molar-refractivity contribution in [1.29, 1.82) is 0 Å². The van der Waals surface area contributed by atoms with Crippen molar-refractivity contribution >= 4 is 40.5 Å². The maximum absolute atomic E-state index is 14.0. The van der Waals surface area contributed by atoms with E-state index in [-0.39, 0.29) is 37.0 Å². The van der Waals surface area contributed by atoms with Gasteiger partial charge in [-0.3, -0.25) is 19.7 Å². The van der Waals surface area contributed by atoms with Crippen molar-refractivity contribution in [2.24, 2.45) is 11.7 Å². The number of likely N-dealkylation sites (tertiary alicyclic amines) is 1. The number of Topliss-reactive ketones (excluding diaryl/α,β-unsaturated/α-hetero) is 1. The smallest absolute Gasteiger partial charge is 0.411 e. The molecule has 0 radical (unpaired) electrons. The van der Waals surface area contributed by atoms with Crippen molar-refractivity contribution in [3.63, 3.8) is 0 Å². The molecule has 4 N–H and O–H groups in total. The number of oxazole rings is 1. The molecule has 0 spiro atoms. The van der Waals surface area contributed by atoms with Gasteiger partial charge in [0.05, 0.1) is 18.6 Å². The van der Waals surface area contributed by atoms with Gasteiger partial charge in [0.25, 0.3) is 5.89 Å². The molecular weight excluding hydrogens is 650 g/mol. The fourth-order valence-electron chi connectivity index (χ4n) is 7.51. The number of hydrogen-bond acceptors (Lipinski definition) is 9. The number of nitrogens with two attached hydrogens (primary N) is 1. The Bertz CT molecular complexity index is 1600. The first-order chi connectivity index (χ1) is 24.9. The minimum atomic E-state index is -0.892. The quantitative estimate of drug-likeness (QED) is 0.129. The van der Waals surface area contributed by atoms with E-state index in [0.29, 0.717) is 61.5 Å². The molecule has 3 atom stereocenters. The highest BCUT2D eigenvalue weighted by Gasteiger charge is 2.41. The molecule has 1 saturated heterocycles. The lowest BCUT2D eigenvalue weighted by molar-refractivity contribution is -0.138. The molecule has 1 aromatic heterocycles. The zero-order chi connectivity index (χ0) is 35.6. The Morgan fingerprint density at radius 2 is 1.67 bits per heavy atom. The Labute approximate surface area is 299 Å². The number of carbonyl (C=O) groups is 4. The van der Waals surface area contributed by atoms with Gasteiger partial charge in [-0.2, -0.15) is 0 Å². The summed E-state index contributed by atoms with van der Waals surface area (Å²) >= 11 is 0. The number of anilines is 1.